The lowest BCUT2D eigenvalue weighted by atomic mass is 10.1. The fourth-order valence-electron chi connectivity index (χ4n) is 4.07. The summed E-state index contributed by atoms with van der Waals surface area (Å²) in [4.78, 5) is 12.0. The minimum atomic E-state index is 0.587. The monoisotopic (exact) mass is 387 g/mol. The lowest BCUT2D eigenvalue weighted by Crippen LogP contribution is -2.49. The van der Waals surface area contributed by atoms with E-state index in [9.17, 15) is 0 Å². The molecule has 0 bridgehead atoms. The van der Waals surface area contributed by atoms with Crippen LogP contribution in [0.2, 0.25) is 0 Å². The van der Waals surface area contributed by atoms with Crippen molar-refractivity contribution in [3.63, 3.8) is 0 Å². The predicted molar refractivity (Wildman–Crippen MR) is 116 cm³/mol. The van der Waals surface area contributed by atoms with Gasteiger partial charge in [-0.15, -0.1) is 0 Å². The summed E-state index contributed by atoms with van der Waals surface area (Å²) in [5.41, 5.74) is 1.24. The van der Waals surface area contributed by atoms with Gasteiger partial charge < -0.3 is 19.9 Å². The molecular formula is C22H37N5O. The Labute approximate surface area is 170 Å². The smallest absolute Gasteiger partial charge is 0.193 e. The van der Waals surface area contributed by atoms with E-state index in [0.717, 1.165) is 38.7 Å². The average molecular weight is 388 g/mol. The van der Waals surface area contributed by atoms with Crippen LogP contribution in [0.25, 0.3) is 0 Å². The Morgan fingerprint density at radius 3 is 2.57 bits per heavy atom. The molecule has 0 radical (unpaired) electrons. The van der Waals surface area contributed by atoms with Crippen molar-refractivity contribution < 1.29 is 4.74 Å². The van der Waals surface area contributed by atoms with Crippen LogP contribution in [0.5, 0.6) is 0 Å². The van der Waals surface area contributed by atoms with Crippen molar-refractivity contribution in [2.75, 3.05) is 72.6 Å². The van der Waals surface area contributed by atoms with E-state index in [1.807, 2.05) is 13.1 Å². The topological polar surface area (TPSA) is 43.3 Å². The largest absolute Gasteiger partial charge is 0.376 e. The van der Waals surface area contributed by atoms with Crippen molar-refractivity contribution in [2.45, 2.75) is 20.0 Å². The summed E-state index contributed by atoms with van der Waals surface area (Å²) in [5.74, 6) is 1.63. The SMILES string of the molecule is CCN1CCN(CCNC(=NC)N2CCC(COCc3ccccc3)C2)CC1. The maximum absolute atomic E-state index is 5.95. The fraction of sp³-hybridized carbons (Fsp3) is 0.682. The average Bonchev–Trinajstić information content (AvgIpc) is 3.21. The van der Waals surface area contributed by atoms with E-state index in [1.54, 1.807) is 0 Å². The van der Waals surface area contributed by atoms with Gasteiger partial charge in [-0.25, -0.2) is 0 Å². The predicted octanol–water partition coefficient (Wildman–Crippen LogP) is 1.74. The van der Waals surface area contributed by atoms with Gasteiger partial charge in [-0.3, -0.25) is 9.89 Å². The van der Waals surface area contributed by atoms with E-state index in [-0.39, 0.29) is 0 Å². The number of piperazine rings is 1. The highest BCUT2D eigenvalue weighted by atomic mass is 16.5. The Balaban J connectivity index is 1.31. The minimum Gasteiger partial charge on any atom is -0.376 e. The second-order valence-electron chi connectivity index (χ2n) is 7.85. The molecule has 1 N–H and O–H groups in total. The van der Waals surface area contributed by atoms with E-state index in [4.69, 9.17) is 4.74 Å². The quantitative estimate of drug-likeness (QED) is 0.544. The van der Waals surface area contributed by atoms with Gasteiger partial charge in [0.1, 0.15) is 0 Å². The maximum Gasteiger partial charge on any atom is 0.193 e. The Hall–Kier alpha value is -1.63. The van der Waals surface area contributed by atoms with Gasteiger partial charge in [-0.05, 0) is 18.5 Å². The highest BCUT2D eigenvalue weighted by Gasteiger charge is 2.25. The zero-order valence-corrected chi connectivity index (χ0v) is 17.6. The van der Waals surface area contributed by atoms with Crippen molar-refractivity contribution in [1.82, 2.24) is 20.0 Å². The molecule has 156 valence electrons. The minimum absolute atomic E-state index is 0.587. The molecule has 1 atom stereocenters. The molecule has 28 heavy (non-hydrogen) atoms. The van der Waals surface area contributed by atoms with E-state index in [1.165, 1.54) is 44.7 Å². The number of rotatable bonds is 8. The van der Waals surface area contributed by atoms with Crippen molar-refractivity contribution in [3.05, 3.63) is 35.9 Å². The van der Waals surface area contributed by atoms with Crippen LogP contribution in [-0.4, -0.2) is 93.2 Å². The normalized spacial score (nSPS) is 22.0. The van der Waals surface area contributed by atoms with E-state index < -0.39 is 0 Å². The van der Waals surface area contributed by atoms with Gasteiger partial charge in [0.25, 0.3) is 0 Å². The number of aliphatic imine (C=N–C) groups is 1. The molecule has 0 saturated carbocycles. The summed E-state index contributed by atoms with van der Waals surface area (Å²) in [6.45, 7) is 13.8. The van der Waals surface area contributed by atoms with Crippen LogP contribution in [0.1, 0.15) is 18.9 Å². The van der Waals surface area contributed by atoms with E-state index in [0.29, 0.717) is 12.5 Å². The highest BCUT2D eigenvalue weighted by molar-refractivity contribution is 5.80. The molecule has 2 saturated heterocycles. The molecule has 2 aliphatic heterocycles. The number of benzene rings is 1. The van der Waals surface area contributed by atoms with Crippen molar-refractivity contribution >= 4 is 5.96 Å². The summed E-state index contributed by atoms with van der Waals surface area (Å²) in [5, 5.41) is 3.57. The molecule has 6 nitrogen and oxygen atoms in total. The van der Waals surface area contributed by atoms with Gasteiger partial charge in [0.05, 0.1) is 13.2 Å². The molecule has 0 amide bonds. The van der Waals surface area contributed by atoms with Crippen LogP contribution in [0, 0.1) is 5.92 Å². The van der Waals surface area contributed by atoms with Crippen molar-refractivity contribution in [3.8, 4) is 0 Å². The molecule has 1 aromatic rings. The fourth-order valence-corrected chi connectivity index (χ4v) is 4.07. The molecule has 1 unspecified atom stereocenters. The second kappa shape index (κ2) is 11.4. The maximum atomic E-state index is 5.95. The van der Waals surface area contributed by atoms with Gasteiger partial charge >= 0.3 is 0 Å². The van der Waals surface area contributed by atoms with Gasteiger partial charge in [0, 0.05) is 65.3 Å². The van der Waals surface area contributed by atoms with Crippen LogP contribution >= 0.6 is 0 Å². The van der Waals surface area contributed by atoms with E-state index >= 15 is 0 Å². The van der Waals surface area contributed by atoms with Crippen LogP contribution < -0.4 is 5.32 Å². The van der Waals surface area contributed by atoms with Crippen LogP contribution in [0.4, 0.5) is 0 Å². The molecule has 2 aliphatic rings. The van der Waals surface area contributed by atoms with Crippen LogP contribution in [0.3, 0.4) is 0 Å². The summed E-state index contributed by atoms with van der Waals surface area (Å²) in [7, 11) is 1.89. The Morgan fingerprint density at radius 1 is 1.11 bits per heavy atom. The third kappa shape index (κ3) is 6.47. The molecule has 0 spiro atoms. The van der Waals surface area contributed by atoms with Crippen molar-refractivity contribution in [1.29, 1.82) is 0 Å². The summed E-state index contributed by atoms with van der Waals surface area (Å²) in [6, 6.07) is 10.4. The third-order valence-electron chi connectivity index (χ3n) is 5.89. The van der Waals surface area contributed by atoms with Gasteiger partial charge in [0.15, 0.2) is 5.96 Å². The molecule has 2 fully saturated rings. The summed E-state index contributed by atoms with van der Waals surface area (Å²) < 4.78 is 5.95. The molecule has 3 rings (SSSR count). The highest BCUT2D eigenvalue weighted by Crippen LogP contribution is 2.17. The van der Waals surface area contributed by atoms with Crippen molar-refractivity contribution in [2.24, 2.45) is 10.9 Å². The summed E-state index contributed by atoms with van der Waals surface area (Å²) >= 11 is 0. The second-order valence-corrected chi connectivity index (χ2v) is 7.85. The summed E-state index contributed by atoms with van der Waals surface area (Å²) in [6.07, 6.45) is 1.18. The molecule has 1 aromatic carbocycles. The number of hydrogen-bond acceptors (Lipinski definition) is 4. The first-order chi connectivity index (χ1) is 13.8. The number of likely N-dealkylation sites (tertiary alicyclic amines) is 1. The number of nitrogens with one attached hydrogen (secondary N) is 1. The first-order valence-corrected chi connectivity index (χ1v) is 10.8. The zero-order chi connectivity index (χ0) is 19.6. The third-order valence-corrected chi connectivity index (χ3v) is 5.89. The number of nitrogens with zero attached hydrogens (tertiary/aromatic N) is 4. The molecular weight excluding hydrogens is 350 g/mol. The first-order valence-electron chi connectivity index (χ1n) is 10.8. The molecule has 6 heteroatoms. The number of likely N-dealkylation sites (N-methyl/N-ethyl adjacent to an activating group) is 1. The lowest BCUT2D eigenvalue weighted by Gasteiger charge is -2.34. The Morgan fingerprint density at radius 2 is 1.86 bits per heavy atom. The first kappa shape index (κ1) is 21.1. The standard InChI is InChI=1S/C22H37N5O/c1-3-25-13-15-26(16-14-25)12-10-24-22(23-2)27-11-9-21(17-27)19-28-18-20-7-5-4-6-8-20/h4-8,21H,3,9-19H2,1-2H3,(H,23,24). The number of ether oxygens (including phenoxy) is 1. The zero-order valence-electron chi connectivity index (χ0n) is 17.6. The number of hydrogen-bond donors (Lipinski definition) is 1. The lowest BCUT2D eigenvalue weighted by molar-refractivity contribution is 0.0906. The van der Waals surface area contributed by atoms with Crippen LogP contribution in [0.15, 0.2) is 35.3 Å². The molecule has 0 aliphatic carbocycles. The van der Waals surface area contributed by atoms with E-state index in [2.05, 4.69) is 56.2 Å². The van der Waals surface area contributed by atoms with Crippen LogP contribution in [-0.2, 0) is 11.3 Å². The molecule has 0 aromatic heterocycles. The van der Waals surface area contributed by atoms with Gasteiger partial charge in [0.2, 0.25) is 0 Å². The van der Waals surface area contributed by atoms with Gasteiger partial charge in [-0.1, -0.05) is 37.3 Å². The molecule has 2 heterocycles. The Kier molecular flexibility index (Phi) is 8.58. The Bertz CT molecular complexity index is 586. The van der Waals surface area contributed by atoms with Gasteiger partial charge in [-0.2, -0.15) is 0 Å². The number of guanidine groups is 1.